The molecule has 9 heteroatoms. The second-order valence-corrected chi connectivity index (χ2v) is 11.8. The molecule has 1 heterocycles. The number of carbonyl (C=O) groups is 4. The van der Waals surface area contributed by atoms with Crippen LogP contribution in [0.25, 0.3) is 0 Å². The summed E-state index contributed by atoms with van der Waals surface area (Å²) in [6.45, 7) is 4.38. The van der Waals surface area contributed by atoms with Gasteiger partial charge in [0.2, 0.25) is 5.91 Å². The maximum absolute atomic E-state index is 12.9. The lowest BCUT2D eigenvalue weighted by molar-refractivity contribution is -0.190. The summed E-state index contributed by atoms with van der Waals surface area (Å²) < 4.78 is 16.5. The van der Waals surface area contributed by atoms with Crippen LogP contribution in [0.1, 0.15) is 129 Å². The number of nitrogens with two attached hydrogens (primary N) is 1. The Morgan fingerprint density at radius 2 is 1.49 bits per heavy atom. The molecule has 2 amide bonds. The number of hydrogen-bond acceptors (Lipinski definition) is 7. The summed E-state index contributed by atoms with van der Waals surface area (Å²) in [4.78, 5) is 49.4. The van der Waals surface area contributed by atoms with E-state index in [1.807, 2.05) is 18.2 Å². The van der Waals surface area contributed by atoms with Crippen molar-refractivity contribution in [3.8, 4) is 0 Å². The molecule has 3 N–H and O–H groups in total. The maximum atomic E-state index is 12.9. The van der Waals surface area contributed by atoms with Gasteiger partial charge in [0.15, 0.2) is 0 Å². The van der Waals surface area contributed by atoms with Crippen LogP contribution in [-0.4, -0.2) is 42.2 Å². The first-order chi connectivity index (χ1) is 20.8. The monoisotopic (exact) mass is 602 g/mol. The minimum atomic E-state index is -1.27. The van der Waals surface area contributed by atoms with Crippen LogP contribution in [0.3, 0.4) is 0 Å². The summed E-state index contributed by atoms with van der Waals surface area (Å²) >= 11 is 0. The molecule has 1 saturated heterocycles. The van der Waals surface area contributed by atoms with Gasteiger partial charge in [-0.15, -0.1) is 0 Å². The number of alkyl carbamates (subject to hydrolysis) is 1. The van der Waals surface area contributed by atoms with Crippen LogP contribution in [0.4, 0.5) is 4.79 Å². The van der Waals surface area contributed by atoms with E-state index in [2.05, 4.69) is 19.2 Å². The molecule has 0 saturated carbocycles. The minimum Gasteiger partial charge on any atom is -0.462 e. The number of benzene rings is 1. The van der Waals surface area contributed by atoms with E-state index in [9.17, 15) is 19.2 Å². The molecule has 0 aliphatic carbocycles. The fourth-order valence-electron chi connectivity index (χ4n) is 5.40. The third-order valence-corrected chi connectivity index (χ3v) is 8.03. The Morgan fingerprint density at radius 3 is 2.09 bits per heavy atom. The van der Waals surface area contributed by atoms with Gasteiger partial charge >= 0.3 is 18.0 Å². The van der Waals surface area contributed by atoms with Crippen molar-refractivity contribution in [2.75, 3.05) is 0 Å². The number of esters is 2. The lowest BCUT2D eigenvalue weighted by atomic mass is 9.86. The number of rotatable bonds is 24. The van der Waals surface area contributed by atoms with Crippen molar-refractivity contribution >= 4 is 23.9 Å². The molecule has 0 radical (unpaired) electrons. The smallest absolute Gasteiger partial charge is 0.408 e. The van der Waals surface area contributed by atoms with E-state index in [1.165, 1.54) is 38.5 Å². The molecule has 1 aliphatic heterocycles. The highest BCUT2D eigenvalue weighted by molar-refractivity contribution is 5.88. The fraction of sp³-hybridized carbons (Fsp3) is 0.706. The number of carbonyl (C=O) groups excluding carboxylic acids is 4. The fourth-order valence-corrected chi connectivity index (χ4v) is 5.40. The molecule has 4 atom stereocenters. The number of amides is 2. The lowest BCUT2D eigenvalue weighted by Crippen LogP contribution is -2.48. The average Bonchev–Trinajstić information content (AvgIpc) is 2.98. The highest BCUT2D eigenvalue weighted by Crippen LogP contribution is 2.32. The highest BCUT2D eigenvalue weighted by Gasteiger charge is 2.43. The van der Waals surface area contributed by atoms with Crippen LogP contribution in [0.2, 0.25) is 0 Å². The molecule has 0 aromatic heterocycles. The number of unbranched alkanes of at least 4 members (excludes halogenated alkanes) is 11. The summed E-state index contributed by atoms with van der Waals surface area (Å²) in [5.74, 6) is -1.84. The molecule has 1 aliphatic rings. The standard InChI is InChI=1S/C34H54N2O7/c1-3-5-7-9-10-11-12-13-17-21-27(23-30-28(33(39)43-30)22-18-8-6-4-2)42-31(37)24-29(32(35)38)36-34(40)41-25-26-19-15-14-16-20-26/h14-16,19-20,27-30H,3-13,17-18,21-25H2,1-2H3,(H2,35,38)(H,36,40)/t27-,28-,29-,30-/m0/s1. The van der Waals surface area contributed by atoms with Gasteiger partial charge in [-0.1, -0.05) is 121 Å². The van der Waals surface area contributed by atoms with Crippen LogP contribution in [0, 0.1) is 5.92 Å². The Balaban J connectivity index is 1.87. The van der Waals surface area contributed by atoms with Crippen LogP contribution in [-0.2, 0) is 35.2 Å². The molecule has 1 aromatic rings. The van der Waals surface area contributed by atoms with Crippen molar-refractivity contribution in [3.63, 3.8) is 0 Å². The topological polar surface area (TPSA) is 134 Å². The Morgan fingerprint density at radius 1 is 0.884 bits per heavy atom. The second kappa shape index (κ2) is 21.6. The first kappa shape index (κ1) is 36.1. The summed E-state index contributed by atoms with van der Waals surface area (Å²) in [5, 5.41) is 2.38. The van der Waals surface area contributed by atoms with Crippen LogP contribution < -0.4 is 11.1 Å². The van der Waals surface area contributed by atoms with Gasteiger partial charge in [0.05, 0.1) is 12.3 Å². The van der Waals surface area contributed by atoms with Gasteiger partial charge in [-0.05, 0) is 24.8 Å². The van der Waals surface area contributed by atoms with Gasteiger partial charge in [0, 0.05) is 6.42 Å². The van der Waals surface area contributed by atoms with Crippen LogP contribution in [0.5, 0.6) is 0 Å². The molecular weight excluding hydrogens is 548 g/mol. The first-order valence-corrected chi connectivity index (χ1v) is 16.5. The van der Waals surface area contributed by atoms with Gasteiger partial charge < -0.3 is 25.3 Å². The Labute approximate surface area is 258 Å². The zero-order valence-electron chi connectivity index (χ0n) is 26.4. The van der Waals surface area contributed by atoms with E-state index in [-0.39, 0.29) is 24.6 Å². The van der Waals surface area contributed by atoms with Crippen molar-refractivity contribution < 1.29 is 33.4 Å². The molecule has 9 nitrogen and oxygen atoms in total. The Hall–Kier alpha value is -3.10. The summed E-state index contributed by atoms with van der Waals surface area (Å²) in [6.07, 6.45) is 14.8. The summed E-state index contributed by atoms with van der Waals surface area (Å²) in [7, 11) is 0. The third kappa shape index (κ3) is 15.3. The van der Waals surface area contributed by atoms with Gasteiger partial charge in [0.25, 0.3) is 0 Å². The molecular formula is C34H54N2O7. The van der Waals surface area contributed by atoms with Crippen molar-refractivity contribution in [3.05, 3.63) is 35.9 Å². The zero-order chi connectivity index (χ0) is 31.3. The first-order valence-electron chi connectivity index (χ1n) is 16.5. The molecule has 0 unspecified atom stereocenters. The van der Waals surface area contributed by atoms with E-state index in [0.29, 0.717) is 12.8 Å². The van der Waals surface area contributed by atoms with Crippen molar-refractivity contribution in [1.82, 2.24) is 5.32 Å². The molecule has 0 bridgehead atoms. The van der Waals surface area contributed by atoms with Crippen LogP contribution >= 0.6 is 0 Å². The Bertz CT molecular complexity index is 955. The quantitative estimate of drug-likeness (QED) is 0.0747. The van der Waals surface area contributed by atoms with E-state index in [1.54, 1.807) is 12.1 Å². The van der Waals surface area contributed by atoms with E-state index >= 15 is 0 Å². The van der Waals surface area contributed by atoms with Gasteiger partial charge in [-0.2, -0.15) is 0 Å². The zero-order valence-corrected chi connectivity index (χ0v) is 26.4. The van der Waals surface area contributed by atoms with E-state index < -0.39 is 36.5 Å². The molecule has 242 valence electrons. The number of hydrogen-bond donors (Lipinski definition) is 2. The van der Waals surface area contributed by atoms with E-state index in [4.69, 9.17) is 19.9 Å². The number of ether oxygens (including phenoxy) is 3. The Kier molecular flexibility index (Phi) is 18.1. The van der Waals surface area contributed by atoms with E-state index in [0.717, 1.165) is 56.9 Å². The second-order valence-electron chi connectivity index (χ2n) is 11.8. The summed E-state index contributed by atoms with van der Waals surface area (Å²) in [6, 6.07) is 7.84. The normalized spacial score (nSPS) is 17.3. The molecule has 1 fully saturated rings. The number of cyclic esters (lactones) is 1. The largest absolute Gasteiger partial charge is 0.462 e. The molecule has 2 rings (SSSR count). The van der Waals surface area contributed by atoms with Gasteiger partial charge in [-0.25, -0.2) is 4.79 Å². The third-order valence-electron chi connectivity index (χ3n) is 8.03. The van der Waals surface area contributed by atoms with Gasteiger partial charge in [0.1, 0.15) is 24.9 Å². The number of nitrogens with one attached hydrogen (secondary N) is 1. The SMILES string of the molecule is CCCCCCCCCCC[C@@H](C[C@@H]1OC(=O)[C@H]1CCCCCC)OC(=O)C[C@H](NC(=O)OCc1ccccc1)C(N)=O. The van der Waals surface area contributed by atoms with Crippen LogP contribution in [0.15, 0.2) is 30.3 Å². The molecule has 43 heavy (non-hydrogen) atoms. The molecule has 1 aromatic carbocycles. The highest BCUT2D eigenvalue weighted by atomic mass is 16.6. The van der Waals surface area contributed by atoms with Crippen molar-refractivity contribution in [2.24, 2.45) is 11.7 Å². The minimum absolute atomic E-state index is 0.0170. The van der Waals surface area contributed by atoms with Gasteiger partial charge in [-0.3, -0.25) is 14.4 Å². The summed E-state index contributed by atoms with van der Waals surface area (Å²) in [5.41, 5.74) is 6.26. The average molecular weight is 603 g/mol. The molecule has 0 spiro atoms. The lowest BCUT2D eigenvalue weighted by Gasteiger charge is -2.37. The predicted octanol–water partition coefficient (Wildman–Crippen LogP) is 6.89. The van der Waals surface area contributed by atoms with Crippen molar-refractivity contribution in [2.45, 2.75) is 148 Å². The predicted molar refractivity (Wildman–Crippen MR) is 166 cm³/mol. The van der Waals surface area contributed by atoms with Crippen molar-refractivity contribution in [1.29, 1.82) is 0 Å². The number of primary amides is 1. The maximum Gasteiger partial charge on any atom is 0.408 e.